The fourth-order valence-electron chi connectivity index (χ4n) is 1.71. The van der Waals surface area contributed by atoms with Gasteiger partial charge in [0.05, 0.1) is 3.79 Å². The van der Waals surface area contributed by atoms with E-state index in [1.165, 1.54) is 0 Å². The van der Waals surface area contributed by atoms with Crippen molar-refractivity contribution in [2.24, 2.45) is 5.73 Å². The van der Waals surface area contributed by atoms with Crippen LogP contribution in [0.2, 0.25) is 0 Å². The third-order valence-corrected chi connectivity index (χ3v) is 4.35. The van der Waals surface area contributed by atoms with E-state index in [-0.39, 0.29) is 17.9 Å². The fraction of sp³-hybridized carbons (Fsp3) is 0.364. The van der Waals surface area contributed by atoms with Crippen LogP contribution in [0.25, 0.3) is 0 Å². The summed E-state index contributed by atoms with van der Waals surface area (Å²) in [5.74, 6) is 0.166. The van der Waals surface area contributed by atoms with Crippen LogP contribution in [0.3, 0.4) is 0 Å². The van der Waals surface area contributed by atoms with Gasteiger partial charge in [0.1, 0.15) is 18.4 Å². The van der Waals surface area contributed by atoms with E-state index in [2.05, 4.69) is 26.0 Å². The van der Waals surface area contributed by atoms with E-state index >= 15 is 0 Å². The topological polar surface area (TPSA) is 80.5 Å². The van der Waals surface area contributed by atoms with Crippen LogP contribution in [0.15, 0.2) is 22.2 Å². The lowest BCUT2D eigenvalue weighted by molar-refractivity contribution is 0.428. The molecule has 0 amide bonds. The maximum atomic E-state index is 8.78. The van der Waals surface area contributed by atoms with Gasteiger partial charge in [-0.15, -0.1) is 16.4 Å². The van der Waals surface area contributed by atoms with Crippen LogP contribution in [0.4, 0.5) is 0 Å². The molecule has 0 saturated heterocycles. The van der Waals surface area contributed by atoms with Crippen molar-refractivity contribution in [1.29, 1.82) is 5.26 Å². The highest BCUT2D eigenvalue weighted by molar-refractivity contribution is 9.11. The van der Waals surface area contributed by atoms with E-state index in [0.717, 1.165) is 15.1 Å². The Morgan fingerprint density at radius 1 is 1.61 bits per heavy atom. The summed E-state index contributed by atoms with van der Waals surface area (Å²) in [6.45, 7) is 2.03. The minimum absolute atomic E-state index is 0.0659. The molecule has 0 bridgehead atoms. The number of rotatable bonds is 4. The minimum Gasteiger partial charge on any atom is -0.326 e. The first kappa shape index (κ1) is 13.2. The number of nitrogens with two attached hydrogens (primary N) is 1. The molecule has 2 aromatic rings. The summed E-state index contributed by atoms with van der Waals surface area (Å²) in [7, 11) is 0. The van der Waals surface area contributed by atoms with E-state index < -0.39 is 0 Å². The Bertz CT molecular complexity index is 570. The molecule has 2 atom stereocenters. The highest BCUT2D eigenvalue weighted by atomic mass is 79.9. The van der Waals surface area contributed by atoms with Gasteiger partial charge in [0.25, 0.3) is 5.82 Å². The van der Waals surface area contributed by atoms with Crippen LogP contribution < -0.4 is 5.73 Å². The average Bonchev–Trinajstić information content (AvgIpc) is 2.99. The molecule has 0 aliphatic carbocycles. The molecule has 0 aliphatic heterocycles. The Labute approximate surface area is 117 Å². The van der Waals surface area contributed by atoms with Gasteiger partial charge >= 0.3 is 0 Å². The molecule has 2 N–H and O–H groups in total. The van der Waals surface area contributed by atoms with Crippen molar-refractivity contribution in [1.82, 2.24) is 14.8 Å². The van der Waals surface area contributed by atoms with Gasteiger partial charge in [0, 0.05) is 10.9 Å². The van der Waals surface area contributed by atoms with Gasteiger partial charge < -0.3 is 5.73 Å². The smallest absolute Gasteiger partial charge is 0.252 e. The first-order valence-corrected chi connectivity index (χ1v) is 7.08. The maximum absolute atomic E-state index is 8.78. The molecule has 2 rings (SSSR count). The first-order chi connectivity index (χ1) is 8.65. The summed E-state index contributed by atoms with van der Waals surface area (Å²) in [4.78, 5) is 5.04. The van der Waals surface area contributed by atoms with Crippen LogP contribution in [-0.2, 0) is 0 Å². The van der Waals surface area contributed by atoms with Gasteiger partial charge in [-0.25, -0.2) is 9.67 Å². The minimum atomic E-state index is -0.0825. The lowest BCUT2D eigenvalue weighted by Crippen LogP contribution is -2.32. The van der Waals surface area contributed by atoms with Crippen LogP contribution in [0.1, 0.15) is 30.1 Å². The first-order valence-electron chi connectivity index (χ1n) is 5.47. The van der Waals surface area contributed by atoms with E-state index in [1.54, 1.807) is 22.3 Å². The number of nitriles is 1. The number of nitrogens with zero attached hydrogens (tertiary/aromatic N) is 4. The van der Waals surface area contributed by atoms with Crippen molar-refractivity contribution in [3.8, 4) is 6.07 Å². The van der Waals surface area contributed by atoms with Crippen LogP contribution in [-0.4, -0.2) is 20.8 Å². The SMILES string of the molecule is CCC(N)C(c1ccc(Br)s1)n1cnc(C#N)n1. The number of thiophene rings is 1. The summed E-state index contributed by atoms with van der Waals surface area (Å²) >= 11 is 5.06. The van der Waals surface area contributed by atoms with Gasteiger partial charge in [0.2, 0.25) is 0 Å². The van der Waals surface area contributed by atoms with Crippen molar-refractivity contribution in [3.63, 3.8) is 0 Å². The molecule has 0 saturated carbocycles. The molecule has 0 radical (unpaired) electrons. The second-order valence-electron chi connectivity index (χ2n) is 3.82. The molecule has 2 aromatic heterocycles. The van der Waals surface area contributed by atoms with Crippen molar-refractivity contribution in [2.45, 2.75) is 25.4 Å². The zero-order valence-corrected chi connectivity index (χ0v) is 12.1. The van der Waals surface area contributed by atoms with Gasteiger partial charge in [0.15, 0.2) is 0 Å². The molecule has 7 heteroatoms. The zero-order valence-electron chi connectivity index (χ0n) is 9.75. The predicted molar refractivity (Wildman–Crippen MR) is 73.2 cm³/mol. The van der Waals surface area contributed by atoms with Gasteiger partial charge in [-0.2, -0.15) is 5.26 Å². The lowest BCUT2D eigenvalue weighted by Gasteiger charge is -2.21. The Morgan fingerprint density at radius 3 is 2.89 bits per heavy atom. The molecular weight excluding hydrogens is 314 g/mol. The summed E-state index contributed by atoms with van der Waals surface area (Å²) in [6.07, 6.45) is 2.38. The van der Waals surface area contributed by atoms with Gasteiger partial charge in [-0.1, -0.05) is 6.92 Å². The normalized spacial score (nSPS) is 14.1. The quantitative estimate of drug-likeness (QED) is 0.935. The highest BCUT2D eigenvalue weighted by Crippen LogP contribution is 2.31. The van der Waals surface area contributed by atoms with Gasteiger partial charge in [-0.05, 0) is 34.5 Å². The lowest BCUT2D eigenvalue weighted by atomic mass is 10.1. The van der Waals surface area contributed by atoms with E-state index in [4.69, 9.17) is 11.0 Å². The number of halogens is 1. The molecule has 0 spiro atoms. The Hall–Kier alpha value is -1.23. The summed E-state index contributed by atoms with van der Waals surface area (Å²) < 4.78 is 2.72. The van der Waals surface area contributed by atoms with Crippen molar-refractivity contribution >= 4 is 27.3 Å². The molecule has 2 heterocycles. The third-order valence-electron chi connectivity index (χ3n) is 2.66. The second kappa shape index (κ2) is 5.61. The van der Waals surface area contributed by atoms with E-state index in [1.807, 2.05) is 25.1 Å². The van der Waals surface area contributed by atoms with Gasteiger partial charge in [-0.3, -0.25) is 0 Å². The Balaban J connectivity index is 2.40. The molecule has 2 unspecified atom stereocenters. The number of hydrogen-bond donors (Lipinski definition) is 1. The highest BCUT2D eigenvalue weighted by Gasteiger charge is 2.23. The van der Waals surface area contributed by atoms with Crippen molar-refractivity contribution < 1.29 is 0 Å². The van der Waals surface area contributed by atoms with Crippen LogP contribution in [0.5, 0.6) is 0 Å². The molecule has 18 heavy (non-hydrogen) atoms. The predicted octanol–water partition coefficient (Wildman–Crippen LogP) is 2.30. The largest absolute Gasteiger partial charge is 0.326 e. The Kier molecular flexibility index (Phi) is 4.11. The number of hydrogen-bond acceptors (Lipinski definition) is 5. The monoisotopic (exact) mass is 325 g/mol. The average molecular weight is 326 g/mol. The van der Waals surface area contributed by atoms with Crippen LogP contribution in [0, 0.1) is 11.3 Å². The molecular formula is C11H12BrN5S. The Morgan fingerprint density at radius 2 is 2.39 bits per heavy atom. The van der Waals surface area contributed by atoms with E-state index in [9.17, 15) is 0 Å². The second-order valence-corrected chi connectivity index (χ2v) is 6.31. The molecule has 0 aliphatic rings. The summed E-state index contributed by atoms with van der Waals surface area (Å²) in [5, 5.41) is 12.9. The molecule has 5 nitrogen and oxygen atoms in total. The molecule has 0 fully saturated rings. The zero-order chi connectivity index (χ0) is 13.1. The fourth-order valence-corrected chi connectivity index (χ4v) is 3.30. The molecule has 0 aromatic carbocycles. The van der Waals surface area contributed by atoms with Crippen molar-refractivity contribution in [3.05, 3.63) is 32.9 Å². The third kappa shape index (κ3) is 2.61. The van der Waals surface area contributed by atoms with E-state index in [0.29, 0.717) is 0 Å². The standard InChI is InChI=1S/C11H12BrN5S/c1-2-7(14)11(8-3-4-9(12)18-8)17-6-15-10(5-13)16-17/h3-4,6-7,11H,2,14H2,1H3. The number of aromatic nitrogens is 3. The summed E-state index contributed by atoms with van der Waals surface area (Å²) in [6, 6.07) is 5.78. The maximum Gasteiger partial charge on any atom is 0.252 e. The molecule has 94 valence electrons. The van der Waals surface area contributed by atoms with Crippen molar-refractivity contribution in [2.75, 3.05) is 0 Å². The van der Waals surface area contributed by atoms with Crippen LogP contribution >= 0.6 is 27.3 Å². The summed E-state index contributed by atoms with van der Waals surface area (Å²) in [5.41, 5.74) is 6.16.